The van der Waals surface area contributed by atoms with Crippen LogP contribution in [0.25, 0.3) is 0 Å². The fourth-order valence-electron chi connectivity index (χ4n) is 2.74. The van der Waals surface area contributed by atoms with Gasteiger partial charge in [0.05, 0.1) is 0 Å². The Morgan fingerprint density at radius 3 is 2.29 bits per heavy atom. The Morgan fingerprint density at radius 2 is 1.76 bits per heavy atom. The molecular weight excluding hydrogens is 270 g/mol. The first-order chi connectivity index (χ1) is 10.0. The van der Waals surface area contributed by atoms with E-state index >= 15 is 0 Å². The van der Waals surface area contributed by atoms with Crippen molar-refractivity contribution >= 4 is 17.8 Å². The number of rotatable bonds is 9. The van der Waals surface area contributed by atoms with Gasteiger partial charge in [-0.05, 0) is 19.3 Å². The maximum absolute atomic E-state index is 12.5. The summed E-state index contributed by atoms with van der Waals surface area (Å²) in [4.78, 5) is 37.4. The lowest BCUT2D eigenvalue weighted by atomic mass is 9.88. The normalized spacial score (nSPS) is 17.0. The molecule has 21 heavy (non-hydrogen) atoms. The summed E-state index contributed by atoms with van der Waals surface area (Å²) in [6, 6.07) is -0.451. The van der Waals surface area contributed by atoms with E-state index in [2.05, 4.69) is 10.6 Å². The first kappa shape index (κ1) is 17.5. The van der Waals surface area contributed by atoms with Gasteiger partial charge in [-0.15, -0.1) is 0 Å². The zero-order valence-electron chi connectivity index (χ0n) is 13.3. The molecule has 1 heterocycles. The molecule has 0 aromatic rings. The number of urea groups is 1. The van der Waals surface area contributed by atoms with Gasteiger partial charge in [-0.2, -0.15) is 0 Å². The van der Waals surface area contributed by atoms with Crippen LogP contribution >= 0.6 is 0 Å². The summed E-state index contributed by atoms with van der Waals surface area (Å²) in [6.45, 7) is 6.39. The van der Waals surface area contributed by atoms with Crippen LogP contribution in [0.2, 0.25) is 0 Å². The molecule has 1 saturated heterocycles. The van der Waals surface area contributed by atoms with Gasteiger partial charge in [0.2, 0.25) is 5.91 Å². The van der Waals surface area contributed by atoms with E-state index in [1.165, 1.54) is 0 Å². The molecule has 0 radical (unpaired) electrons. The van der Waals surface area contributed by atoms with Crippen LogP contribution in [-0.2, 0) is 9.59 Å². The van der Waals surface area contributed by atoms with Gasteiger partial charge < -0.3 is 10.6 Å². The average Bonchev–Trinajstić information content (AvgIpc) is 2.65. The van der Waals surface area contributed by atoms with E-state index < -0.39 is 11.6 Å². The molecule has 1 rings (SSSR count). The molecule has 0 aliphatic carbocycles. The lowest BCUT2D eigenvalue weighted by Gasteiger charge is -2.25. The molecule has 2 N–H and O–H groups in total. The smallest absolute Gasteiger partial charge is 0.325 e. The summed E-state index contributed by atoms with van der Waals surface area (Å²) in [5.74, 6) is -0.544. The molecule has 1 aliphatic rings. The second-order valence-electron chi connectivity index (χ2n) is 5.61. The van der Waals surface area contributed by atoms with E-state index in [0.29, 0.717) is 19.4 Å². The van der Waals surface area contributed by atoms with Gasteiger partial charge in [-0.1, -0.05) is 40.0 Å². The predicted molar refractivity (Wildman–Crippen MR) is 80.7 cm³/mol. The topological polar surface area (TPSA) is 78.5 Å². The van der Waals surface area contributed by atoms with Crippen molar-refractivity contribution in [3.05, 3.63) is 0 Å². The van der Waals surface area contributed by atoms with Crippen LogP contribution in [0.15, 0.2) is 0 Å². The third-order valence-corrected chi connectivity index (χ3v) is 3.75. The molecule has 1 fully saturated rings. The van der Waals surface area contributed by atoms with Crippen LogP contribution in [0.5, 0.6) is 0 Å². The third kappa shape index (κ3) is 4.19. The summed E-state index contributed by atoms with van der Waals surface area (Å²) in [5.41, 5.74) is -0.815. The van der Waals surface area contributed by atoms with Crippen molar-refractivity contribution in [1.82, 2.24) is 15.5 Å². The van der Waals surface area contributed by atoms with Crippen molar-refractivity contribution in [2.75, 3.05) is 13.1 Å². The molecular formula is C15H27N3O3. The van der Waals surface area contributed by atoms with E-state index in [0.717, 1.165) is 30.6 Å². The zero-order valence-corrected chi connectivity index (χ0v) is 13.3. The minimum Gasteiger partial charge on any atom is -0.355 e. The number of nitrogens with one attached hydrogen (secondary N) is 2. The Morgan fingerprint density at radius 1 is 1.14 bits per heavy atom. The van der Waals surface area contributed by atoms with Crippen LogP contribution in [0, 0.1) is 0 Å². The van der Waals surface area contributed by atoms with Crippen LogP contribution in [0.4, 0.5) is 4.79 Å². The molecule has 0 unspecified atom stereocenters. The molecule has 0 atom stereocenters. The highest BCUT2D eigenvalue weighted by Gasteiger charge is 2.50. The lowest BCUT2D eigenvalue weighted by Crippen LogP contribution is -2.47. The summed E-state index contributed by atoms with van der Waals surface area (Å²) in [6.07, 6.45) is 4.71. The number of hydrogen-bond acceptors (Lipinski definition) is 3. The van der Waals surface area contributed by atoms with E-state index in [1.807, 2.05) is 20.8 Å². The third-order valence-electron chi connectivity index (χ3n) is 3.75. The number of carbonyl (C=O) groups is 3. The van der Waals surface area contributed by atoms with Gasteiger partial charge >= 0.3 is 6.03 Å². The van der Waals surface area contributed by atoms with Crippen LogP contribution in [-0.4, -0.2) is 41.4 Å². The van der Waals surface area contributed by atoms with Gasteiger partial charge in [-0.25, -0.2) is 4.79 Å². The molecule has 0 spiro atoms. The monoisotopic (exact) mass is 297 g/mol. The van der Waals surface area contributed by atoms with Crippen molar-refractivity contribution in [3.8, 4) is 0 Å². The average molecular weight is 297 g/mol. The number of amides is 4. The van der Waals surface area contributed by atoms with Gasteiger partial charge in [-0.3, -0.25) is 14.5 Å². The minimum atomic E-state index is -0.815. The summed E-state index contributed by atoms with van der Waals surface area (Å²) in [5, 5.41) is 5.53. The Kier molecular flexibility index (Phi) is 6.65. The Balaban J connectivity index is 2.69. The minimum absolute atomic E-state index is 0.191. The molecule has 120 valence electrons. The molecule has 0 aromatic carbocycles. The number of nitrogens with zero attached hydrogens (tertiary/aromatic N) is 1. The Hall–Kier alpha value is -1.59. The number of hydrogen-bond donors (Lipinski definition) is 2. The summed E-state index contributed by atoms with van der Waals surface area (Å²) in [7, 11) is 0. The first-order valence-corrected chi connectivity index (χ1v) is 7.91. The molecule has 1 aliphatic heterocycles. The van der Waals surface area contributed by atoms with Crippen LogP contribution in [0.1, 0.15) is 59.3 Å². The lowest BCUT2D eigenvalue weighted by molar-refractivity contribution is -0.135. The standard InChI is InChI=1S/C15H27N3O3/c1-4-7-10-16-12(19)11-18-13(20)15(8-5-2,9-6-3)17-14(18)21/h4-11H2,1-3H3,(H,16,19)(H,17,21). The van der Waals surface area contributed by atoms with E-state index in [-0.39, 0.29) is 18.4 Å². The second kappa shape index (κ2) is 8.00. The van der Waals surface area contributed by atoms with Gasteiger partial charge in [0.1, 0.15) is 12.1 Å². The van der Waals surface area contributed by atoms with Gasteiger partial charge in [0, 0.05) is 6.54 Å². The quantitative estimate of drug-likeness (QED) is 0.503. The van der Waals surface area contributed by atoms with Gasteiger partial charge in [0.15, 0.2) is 0 Å². The Labute approximate surface area is 126 Å². The molecule has 4 amide bonds. The highest BCUT2D eigenvalue weighted by Crippen LogP contribution is 2.27. The number of carbonyl (C=O) groups excluding carboxylic acids is 3. The van der Waals surface area contributed by atoms with E-state index in [1.54, 1.807) is 0 Å². The van der Waals surface area contributed by atoms with Crippen molar-refractivity contribution in [1.29, 1.82) is 0 Å². The molecule has 0 saturated carbocycles. The van der Waals surface area contributed by atoms with Crippen molar-refractivity contribution in [2.24, 2.45) is 0 Å². The second-order valence-corrected chi connectivity index (χ2v) is 5.61. The fraction of sp³-hybridized carbons (Fsp3) is 0.800. The number of unbranched alkanes of at least 4 members (excludes halogenated alkanes) is 1. The SMILES string of the molecule is CCCCNC(=O)CN1C(=O)NC(CCC)(CCC)C1=O. The summed E-state index contributed by atoms with van der Waals surface area (Å²) < 4.78 is 0. The molecule has 0 bridgehead atoms. The van der Waals surface area contributed by atoms with Gasteiger partial charge in [0.25, 0.3) is 5.91 Å². The highest BCUT2D eigenvalue weighted by molar-refractivity contribution is 6.09. The first-order valence-electron chi connectivity index (χ1n) is 7.91. The predicted octanol–water partition coefficient (Wildman–Crippen LogP) is 1.79. The number of imide groups is 1. The summed E-state index contributed by atoms with van der Waals surface area (Å²) >= 11 is 0. The van der Waals surface area contributed by atoms with Crippen molar-refractivity contribution < 1.29 is 14.4 Å². The maximum atomic E-state index is 12.5. The zero-order chi connectivity index (χ0) is 15.9. The molecule has 0 aromatic heterocycles. The fourth-order valence-corrected chi connectivity index (χ4v) is 2.74. The van der Waals surface area contributed by atoms with E-state index in [4.69, 9.17) is 0 Å². The van der Waals surface area contributed by atoms with Crippen LogP contribution in [0.3, 0.4) is 0 Å². The van der Waals surface area contributed by atoms with E-state index in [9.17, 15) is 14.4 Å². The van der Waals surface area contributed by atoms with Crippen molar-refractivity contribution in [2.45, 2.75) is 64.8 Å². The maximum Gasteiger partial charge on any atom is 0.325 e. The Bertz CT molecular complexity index is 390. The molecule has 6 nitrogen and oxygen atoms in total. The largest absolute Gasteiger partial charge is 0.355 e. The van der Waals surface area contributed by atoms with Crippen molar-refractivity contribution in [3.63, 3.8) is 0 Å². The molecule has 6 heteroatoms. The highest BCUT2D eigenvalue weighted by atomic mass is 16.2. The van der Waals surface area contributed by atoms with Crippen LogP contribution < -0.4 is 10.6 Å².